The summed E-state index contributed by atoms with van der Waals surface area (Å²) >= 11 is 0. The van der Waals surface area contributed by atoms with Crippen molar-refractivity contribution in [1.82, 2.24) is 19.6 Å². The molecule has 86 heavy (non-hydrogen) atoms. The Morgan fingerprint density at radius 2 is 0.465 bits per heavy atom. The van der Waals surface area contributed by atoms with Crippen LogP contribution in [0.2, 0.25) is 0 Å². The van der Waals surface area contributed by atoms with Crippen LogP contribution in [0.4, 0.5) is 0 Å². The van der Waals surface area contributed by atoms with Crippen LogP contribution in [-0.2, 0) is 19.2 Å². The number of rotatable bonds is 8. The minimum absolute atomic E-state index is 0.0848. The van der Waals surface area contributed by atoms with Gasteiger partial charge in [-0.2, -0.15) is 0 Å². The van der Waals surface area contributed by atoms with Gasteiger partial charge in [-0.3, -0.25) is 19.2 Å². The molecule has 0 aromatic heterocycles. The zero-order chi connectivity index (χ0) is 58.3. The van der Waals surface area contributed by atoms with Gasteiger partial charge in [0.25, 0.3) is 23.6 Å². The first-order chi connectivity index (χ1) is 42.4. The van der Waals surface area contributed by atoms with Gasteiger partial charge < -0.3 is 57.5 Å². The van der Waals surface area contributed by atoms with Gasteiger partial charge >= 0.3 is 0 Å². The molecule has 8 aromatic carbocycles. The van der Waals surface area contributed by atoms with Crippen molar-refractivity contribution in [3.05, 3.63) is 241 Å². The van der Waals surface area contributed by atoms with E-state index in [0.29, 0.717) is 111 Å². The summed E-state index contributed by atoms with van der Waals surface area (Å²) in [4.78, 5) is 61.3. The van der Waals surface area contributed by atoms with Gasteiger partial charge in [0.05, 0.1) is 0 Å². The number of nitrogens with zero attached hydrogens (tertiary/aromatic N) is 4. The molecule has 0 bridgehead atoms. The smallest absolute Gasteiger partial charge is 0.266 e. The molecule has 8 aromatic rings. The highest BCUT2D eigenvalue weighted by molar-refractivity contribution is 5.92. The summed E-state index contributed by atoms with van der Waals surface area (Å²) in [6.45, 7) is 3.05. The largest absolute Gasteiger partial charge is 0.490 e. The third kappa shape index (κ3) is 11.2. The molecule has 8 atom stereocenters. The lowest BCUT2D eigenvalue weighted by molar-refractivity contribution is -0.168. The second-order valence-electron chi connectivity index (χ2n) is 21.6. The van der Waals surface area contributed by atoms with Crippen LogP contribution < -0.4 is 37.9 Å². The Morgan fingerprint density at radius 1 is 0.267 bits per heavy atom. The lowest BCUT2D eigenvalue weighted by Gasteiger charge is -2.49. The number of amides is 4. The number of hydrogen-bond donors (Lipinski definition) is 0. The number of ether oxygens (including phenoxy) is 8. The van der Waals surface area contributed by atoms with Crippen LogP contribution in [0.5, 0.6) is 46.0 Å². The molecule has 16 nitrogen and oxygen atoms in total. The highest BCUT2D eigenvalue weighted by Gasteiger charge is 2.55. The van der Waals surface area contributed by atoms with E-state index in [1.165, 1.54) is 0 Å². The van der Waals surface area contributed by atoms with Crippen molar-refractivity contribution in [2.45, 2.75) is 61.4 Å². The third-order valence-corrected chi connectivity index (χ3v) is 16.4. The molecule has 4 saturated heterocycles. The van der Waals surface area contributed by atoms with E-state index in [1.807, 2.05) is 238 Å². The van der Waals surface area contributed by atoms with Gasteiger partial charge in [-0.1, -0.05) is 146 Å². The summed E-state index contributed by atoms with van der Waals surface area (Å²) < 4.78 is 49.8. The van der Waals surface area contributed by atoms with E-state index in [4.69, 9.17) is 37.9 Å². The molecular formula is C70H64N4O12. The molecule has 0 unspecified atom stereocenters. The second-order valence-corrected chi connectivity index (χ2v) is 21.6. The Labute approximate surface area is 498 Å². The average Bonchev–Trinajstić information content (AvgIpc) is 1.14. The molecule has 0 saturated carbocycles. The van der Waals surface area contributed by atoms with Crippen molar-refractivity contribution >= 4 is 23.6 Å². The van der Waals surface area contributed by atoms with Crippen LogP contribution in [0.1, 0.15) is 59.3 Å². The summed E-state index contributed by atoms with van der Waals surface area (Å²) in [5, 5.41) is 0. The van der Waals surface area contributed by atoms with Crippen LogP contribution in [0.3, 0.4) is 0 Å². The minimum Gasteiger partial charge on any atom is -0.490 e. The molecule has 0 aliphatic carbocycles. The average molecular weight is 1150 g/mol. The van der Waals surface area contributed by atoms with Gasteiger partial charge in [0.2, 0.25) is 24.4 Å². The summed E-state index contributed by atoms with van der Waals surface area (Å²) in [5.74, 6) is 4.97. The third-order valence-electron chi connectivity index (χ3n) is 16.4. The number of fused-ring (bicyclic) bond motifs is 12. The van der Waals surface area contributed by atoms with E-state index < -0.39 is 24.4 Å². The maximum absolute atomic E-state index is 13.5. The summed E-state index contributed by atoms with van der Waals surface area (Å²) in [7, 11) is 0. The molecule has 0 spiro atoms. The lowest BCUT2D eigenvalue weighted by Crippen LogP contribution is -2.63. The number of hydrogen-bond acceptors (Lipinski definition) is 12. The van der Waals surface area contributed by atoms with Gasteiger partial charge in [-0.25, -0.2) is 0 Å². The molecule has 4 fully saturated rings. The first-order valence-electron chi connectivity index (χ1n) is 29.3. The van der Waals surface area contributed by atoms with Crippen molar-refractivity contribution in [2.75, 3.05) is 52.6 Å². The van der Waals surface area contributed by atoms with E-state index in [1.54, 1.807) is 0 Å². The van der Waals surface area contributed by atoms with Crippen LogP contribution in [0.25, 0.3) is 0 Å². The van der Waals surface area contributed by atoms with E-state index >= 15 is 0 Å². The Bertz CT molecular complexity index is 3190. The first-order valence-corrected chi connectivity index (χ1v) is 29.3. The fourth-order valence-electron chi connectivity index (χ4n) is 12.3. The quantitative estimate of drug-likeness (QED) is 0.133. The number of benzene rings is 8. The maximum Gasteiger partial charge on any atom is 0.266 e. The molecule has 6 aliphatic rings. The molecule has 0 N–H and O–H groups in total. The highest BCUT2D eigenvalue weighted by atomic mass is 16.5. The van der Waals surface area contributed by atoms with E-state index in [0.717, 1.165) is 22.3 Å². The van der Waals surface area contributed by atoms with E-state index in [9.17, 15) is 19.2 Å². The van der Waals surface area contributed by atoms with Gasteiger partial charge in [0.15, 0.2) is 0 Å². The molecule has 16 heteroatoms. The van der Waals surface area contributed by atoms with E-state index in [2.05, 4.69) is 0 Å². The van der Waals surface area contributed by atoms with Crippen LogP contribution in [0.15, 0.2) is 218 Å². The summed E-state index contributed by atoms with van der Waals surface area (Å²) in [6, 6.07) is 67.3. The molecule has 6 aliphatic heterocycles. The Morgan fingerprint density at radius 3 is 0.686 bits per heavy atom. The highest BCUT2D eigenvalue weighted by Crippen LogP contribution is 2.47. The van der Waals surface area contributed by atoms with Crippen molar-refractivity contribution in [2.24, 2.45) is 0 Å². The predicted molar refractivity (Wildman–Crippen MR) is 318 cm³/mol. The zero-order valence-corrected chi connectivity index (χ0v) is 47.2. The molecule has 436 valence electrons. The lowest BCUT2D eigenvalue weighted by atomic mass is 9.88. The number of para-hydroxylation sites is 8. The monoisotopic (exact) mass is 1150 g/mol. The maximum atomic E-state index is 13.5. The molecule has 6 heterocycles. The fourth-order valence-corrected chi connectivity index (χ4v) is 12.3. The first kappa shape index (κ1) is 55.2. The topological polar surface area (TPSA) is 155 Å². The Kier molecular flexibility index (Phi) is 16.1. The summed E-state index contributed by atoms with van der Waals surface area (Å²) in [6.07, 6.45) is -1.52. The predicted octanol–water partition coefficient (Wildman–Crippen LogP) is 10.4. The van der Waals surface area contributed by atoms with Gasteiger partial charge in [-0.15, -0.1) is 0 Å². The fraction of sp³-hybridized carbons (Fsp3) is 0.257. The van der Waals surface area contributed by atoms with Gasteiger partial charge in [0, 0.05) is 48.4 Å². The molecule has 14 rings (SSSR count). The molecule has 0 radical (unpaired) electrons. The summed E-state index contributed by atoms with van der Waals surface area (Å²) in [5.41, 5.74) is 3.53. The number of carbonyl (C=O) groups is 4. The van der Waals surface area contributed by atoms with Crippen molar-refractivity contribution in [3.8, 4) is 46.0 Å². The SMILES string of the molecule is O=C1[C@@H](Oc2ccccc2)[C@H]2c3ccccc3OCCOc3ccccc3[C@H]3[C@@H](Oc4ccccc4)C(=O)N3CCCN12.O=C1[C@@H](Oc2ccccc2)[C@H]2c3ccccc3OCCOc3ccccc3[C@H]3[C@@H](Oc4ccccc4)C(=O)N3CCCN12. The van der Waals surface area contributed by atoms with Gasteiger partial charge in [0.1, 0.15) is 96.6 Å². The van der Waals surface area contributed by atoms with Crippen molar-refractivity contribution in [1.29, 1.82) is 0 Å². The van der Waals surface area contributed by atoms with Crippen LogP contribution >= 0.6 is 0 Å². The molecule has 4 amide bonds. The zero-order valence-electron chi connectivity index (χ0n) is 47.2. The van der Waals surface area contributed by atoms with Crippen LogP contribution in [-0.4, -0.2) is 120 Å². The van der Waals surface area contributed by atoms with E-state index in [-0.39, 0.29) is 47.8 Å². The van der Waals surface area contributed by atoms with Crippen molar-refractivity contribution < 1.29 is 57.1 Å². The van der Waals surface area contributed by atoms with Crippen LogP contribution in [0, 0.1) is 0 Å². The minimum atomic E-state index is -0.676. The number of β-lactam (4-membered cyclic amide) rings is 4. The Balaban J connectivity index is 0.000000160. The normalized spacial score (nSPS) is 23.3. The van der Waals surface area contributed by atoms with Gasteiger partial charge in [-0.05, 0) is 85.6 Å². The van der Waals surface area contributed by atoms with Crippen molar-refractivity contribution in [3.63, 3.8) is 0 Å². The Hall–Kier alpha value is -9.96. The standard InChI is InChI=1S/2C35H32N2O6/c2*38-34-32(42-24-12-3-1-4-13-24)30-26-16-7-9-18-28(26)40-22-23-41-29-19-10-8-17-27(29)31-33(43-25-14-5-2-6-15-25)35(39)37(31)21-11-20-36(30)34/h2*1-10,12-19,30-33H,11,20-23H2/t2*30-,31+,32+,33-. The number of carbonyl (C=O) groups excluding carboxylic acids is 4. The molecular weight excluding hydrogens is 1090 g/mol. The second kappa shape index (κ2) is 25.1.